The van der Waals surface area contributed by atoms with Crippen molar-refractivity contribution in [3.63, 3.8) is 0 Å². The van der Waals surface area contributed by atoms with Crippen LogP contribution in [-0.4, -0.2) is 34.0 Å². The van der Waals surface area contributed by atoms with Gasteiger partial charge in [-0.1, -0.05) is 35.3 Å². The molecule has 0 spiro atoms. The maximum atomic E-state index is 12.6. The summed E-state index contributed by atoms with van der Waals surface area (Å²) in [4.78, 5) is 22.9. The number of carbonyl (C=O) groups is 1. The van der Waals surface area contributed by atoms with E-state index < -0.39 is 0 Å². The average molecular weight is 443 g/mol. The fourth-order valence-electron chi connectivity index (χ4n) is 3.27. The lowest BCUT2D eigenvalue weighted by molar-refractivity contribution is 0.217. The fourth-order valence-corrected chi connectivity index (χ4v) is 3.76. The van der Waals surface area contributed by atoms with Crippen molar-refractivity contribution in [2.75, 3.05) is 18.4 Å². The molecule has 0 atom stereocenters. The largest absolute Gasteiger partial charge is 0.449 e. The highest BCUT2D eigenvalue weighted by Gasteiger charge is 2.20. The van der Waals surface area contributed by atoms with Gasteiger partial charge in [0.15, 0.2) is 5.89 Å². The normalized spacial score (nSPS) is 13.8. The van der Waals surface area contributed by atoms with Gasteiger partial charge in [0.25, 0.3) is 0 Å². The predicted octanol–water partition coefficient (Wildman–Crippen LogP) is 5.60. The number of hydrogen-bond acceptors (Lipinski definition) is 4. The zero-order chi connectivity index (χ0) is 21.1. The Morgan fingerprint density at radius 3 is 2.77 bits per heavy atom. The van der Waals surface area contributed by atoms with Crippen molar-refractivity contribution in [2.45, 2.75) is 19.8 Å². The standard InChI is InChI=1S/C22H20Cl2N4O2/c1-14-2-3-17(12-18(14)23)27-22(29)28-7-4-16(5-8-28)21-19(24)10-15(13-26-21)11-20-25-6-9-30-20/h2-4,6,9-10,12-13H,5,7-8,11H2,1H3,(H,27,29). The molecule has 1 aromatic carbocycles. The third-order valence-electron chi connectivity index (χ3n) is 4.96. The van der Waals surface area contributed by atoms with Gasteiger partial charge in [0.05, 0.1) is 23.3 Å². The number of urea groups is 1. The molecule has 2 aromatic heterocycles. The summed E-state index contributed by atoms with van der Waals surface area (Å²) < 4.78 is 5.27. The molecule has 0 bridgehead atoms. The van der Waals surface area contributed by atoms with E-state index in [2.05, 4.69) is 15.3 Å². The van der Waals surface area contributed by atoms with E-state index in [0.29, 0.717) is 47.6 Å². The zero-order valence-electron chi connectivity index (χ0n) is 16.4. The number of rotatable bonds is 4. The number of nitrogens with zero attached hydrogens (tertiary/aromatic N) is 3. The second kappa shape index (κ2) is 8.90. The molecule has 4 rings (SSSR count). The quantitative estimate of drug-likeness (QED) is 0.570. The molecule has 3 heterocycles. The van der Waals surface area contributed by atoms with Crippen LogP contribution < -0.4 is 5.32 Å². The highest BCUT2D eigenvalue weighted by Crippen LogP contribution is 2.28. The van der Waals surface area contributed by atoms with Gasteiger partial charge in [-0.15, -0.1) is 0 Å². The molecule has 6 nitrogen and oxygen atoms in total. The molecule has 3 aromatic rings. The van der Waals surface area contributed by atoms with Crippen molar-refractivity contribution in [3.8, 4) is 0 Å². The average Bonchev–Trinajstić information content (AvgIpc) is 3.24. The van der Waals surface area contributed by atoms with Crippen LogP contribution in [0.2, 0.25) is 10.0 Å². The van der Waals surface area contributed by atoms with E-state index in [9.17, 15) is 4.79 Å². The van der Waals surface area contributed by atoms with Crippen LogP contribution in [0.3, 0.4) is 0 Å². The summed E-state index contributed by atoms with van der Waals surface area (Å²) in [5.74, 6) is 0.619. The molecule has 0 radical (unpaired) electrons. The Kier molecular flexibility index (Phi) is 6.06. The minimum atomic E-state index is -0.162. The summed E-state index contributed by atoms with van der Waals surface area (Å²) in [6.45, 7) is 2.98. The van der Waals surface area contributed by atoms with Gasteiger partial charge in [-0.05, 0) is 48.2 Å². The molecule has 1 N–H and O–H groups in total. The lowest BCUT2D eigenvalue weighted by Gasteiger charge is -2.27. The number of aryl methyl sites for hydroxylation is 1. The number of pyridine rings is 1. The highest BCUT2D eigenvalue weighted by molar-refractivity contribution is 6.32. The molecule has 30 heavy (non-hydrogen) atoms. The van der Waals surface area contributed by atoms with Crippen molar-refractivity contribution in [3.05, 3.63) is 81.8 Å². The van der Waals surface area contributed by atoms with Crippen molar-refractivity contribution >= 4 is 40.5 Å². The minimum absolute atomic E-state index is 0.162. The number of amides is 2. The van der Waals surface area contributed by atoms with Gasteiger partial charge in [-0.3, -0.25) is 4.98 Å². The van der Waals surface area contributed by atoms with Crippen molar-refractivity contribution in [1.29, 1.82) is 0 Å². The molecule has 0 fully saturated rings. The van der Waals surface area contributed by atoms with Gasteiger partial charge in [-0.2, -0.15) is 0 Å². The summed E-state index contributed by atoms with van der Waals surface area (Å²) in [6, 6.07) is 7.20. The van der Waals surface area contributed by atoms with Crippen molar-refractivity contribution < 1.29 is 9.21 Å². The lowest BCUT2D eigenvalue weighted by Crippen LogP contribution is -2.38. The van der Waals surface area contributed by atoms with Crippen LogP contribution in [0.5, 0.6) is 0 Å². The van der Waals surface area contributed by atoms with Gasteiger partial charge >= 0.3 is 6.03 Å². The Morgan fingerprint density at radius 2 is 2.10 bits per heavy atom. The molecule has 154 valence electrons. The first-order chi connectivity index (χ1) is 14.5. The third-order valence-corrected chi connectivity index (χ3v) is 5.66. The van der Waals surface area contributed by atoms with Gasteiger partial charge in [0, 0.05) is 30.0 Å². The second-order valence-electron chi connectivity index (χ2n) is 7.10. The summed E-state index contributed by atoms with van der Waals surface area (Å²) >= 11 is 12.6. The van der Waals surface area contributed by atoms with Crippen molar-refractivity contribution in [1.82, 2.24) is 14.9 Å². The number of benzene rings is 1. The molecule has 1 aliphatic heterocycles. The molecule has 1 aliphatic rings. The molecule has 8 heteroatoms. The van der Waals surface area contributed by atoms with E-state index in [0.717, 1.165) is 22.4 Å². The predicted molar refractivity (Wildman–Crippen MR) is 118 cm³/mol. The van der Waals surface area contributed by atoms with Crippen LogP contribution in [-0.2, 0) is 6.42 Å². The third kappa shape index (κ3) is 4.66. The molecule has 0 saturated carbocycles. The lowest BCUT2D eigenvalue weighted by atomic mass is 10.0. The van der Waals surface area contributed by atoms with Crippen LogP contribution in [0, 0.1) is 6.92 Å². The van der Waals surface area contributed by atoms with E-state index >= 15 is 0 Å². The van der Waals surface area contributed by atoms with E-state index in [1.165, 1.54) is 0 Å². The van der Waals surface area contributed by atoms with Crippen LogP contribution in [0.15, 0.2) is 53.4 Å². The van der Waals surface area contributed by atoms with E-state index in [1.54, 1.807) is 29.6 Å². The number of nitrogens with one attached hydrogen (secondary N) is 1. The smallest absolute Gasteiger partial charge is 0.322 e. The Balaban J connectivity index is 1.40. The van der Waals surface area contributed by atoms with E-state index in [4.69, 9.17) is 27.6 Å². The van der Waals surface area contributed by atoms with Crippen LogP contribution in [0.25, 0.3) is 5.57 Å². The SMILES string of the molecule is Cc1ccc(NC(=O)N2CC=C(c3ncc(Cc4ncco4)cc3Cl)CC2)cc1Cl. The summed E-state index contributed by atoms with van der Waals surface area (Å²) in [7, 11) is 0. The fraction of sp³-hybridized carbons (Fsp3) is 0.227. The zero-order valence-corrected chi connectivity index (χ0v) is 17.9. The Labute approximate surface area is 184 Å². The molecule has 0 saturated heterocycles. The number of hydrogen-bond donors (Lipinski definition) is 1. The van der Waals surface area contributed by atoms with Gasteiger partial charge in [0.2, 0.25) is 0 Å². The number of carbonyl (C=O) groups excluding carboxylic acids is 1. The first-order valence-corrected chi connectivity index (χ1v) is 10.3. The molecular formula is C22H20Cl2N4O2. The first-order valence-electron chi connectivity index (χ1n) is 9.54. The highest BCUT2D eigenvalue weighted by atomic mass is 35.5. The van der Waals surface area contributed by atoms with Gasteiger partial charge in [-0.25, -0.2) is 9.78 Å². The van der Waals surface area contributed by atoms with Crippen LogP contribution in [0.1, 0.15) is 29.1 Å². The van der Waals surface area contributed by atoms with Crippen LogP contribution >= 0.6 is 23.2 Å². The maximum absolute atomic E-state index is 12.6. The Hall–Kier alpha value is -2.83. The summed E-state index contributed by atoms with van der Waals surface area (Å²) in [5, 5.41) is 4.10. The molecular weight excluding hydrogens is 423 g/mol. The molecule has 2 amide bonds. The number of anilines is 1. The van der Waals surface area contributed by atoms with Crippen LogP contribution in [0.4, 0.5) is 10.5 Å². The Bertz CT molecular complexity index is 1100. The number of oxazole rings is 1. The number of aromatic nitrogens is 2. The Morgan fingerprint density at radius 1 is 1.23 bits per heavy atom. The topological polar surface area (TPSA) is 71.3 Å². The molecule has 0 aliphatic carbocycles. The summed E-state index contributed by atoms with van der Waals surface area (Å²) in [6.07, 6.45) is 8.14. The molecule has 0 unspecified atom stereocenters. The minimum Gasteiger partial charge on any atom is -0.449 e. The van der Waals surface area contributed by atoms with E-state index in [-0.39, 0.29) is 6.03 Å². The first kappa shape index (κ1) is 20.4. The second-order valence-corrected chi connectivity index (χ2v) is 7.91. The monoisotopic (exact) mass is 442 g/mol. The van der Waals surface area contributed by atoms with Gasteiger partial charge < -0.3 is 14.6 Å². The number of halogens is 2. The van der Waals surface area contributed by atoms with E-state index in [1.807, 2.05) is 31.2 Å². The van der Waals surface area contributed by atoms with Crippen molar-refractivity contribution in [2.24, 2.45) is 0 Å². The maximum Gasteiger partial charge on any atom is 0.322 e. The summed E-state index contributed by atoms with van der Waals surface area (Å²) in [5.41, 5.74) is 4.36. The van der Waals surface area contributed by atoms with Gasteiger partial charge in [0.1, 0.15) is 6.26 Å².